The van der Waals surface area contributed by atoms with Crippen LogP contribution >= 0.6 is 0 Å². The van der Waals surface area contributed by atoms with Crippen molar-refractivity contribution in [2.45, 2.75) is 29.3 Å². The lowest BCUT2D eigenvalue weighted by molar-refractivity contribution is -0.118. The van der Waals surface area contributed by atoms with Gasteiger partial charge >= 0.3 is 0 Å². The number of rotatable bonds is 5. The van der Waals surface area contributed by atoms with Gasteiger partial charge < -0.3 is 10.0 Å². The summed E-state index contributed by atoms with van der Waals surface area (Å²) in [6.07, 6.45) is 0.238. The molecule has 1 amide bonds. The van der Waals surface area contributed by atoms with Gasteiger partial charge in [-0.3, -0.25) is 4.79 Å². The second-order valence-electron chi connectivity index (χ2n) is 8.22. The Hall–Kier alpha value is -3.00. The van der Waals surface area contributed by atoms with E-state index in [0.717, 1.165) is 16.8 Å². The highest BCUT2D eigenvalue weighted by Gasteiger charge is 2.58. The fourth-order valence-corrected chi connectivity index (χ4v) is 6.85. The Morgan fingerprint density at radius 1 is 0.906 bits per heavy atom. The Bertz CT molecular complexity index is 1230. The Morgan fingerprint density at radius 3 is 2.22 bits per heavy atom. The lowest BCUT2D eigenvalue weighted by atomic mass is 9.74. The highest BCUT2D eigenvalue weighted by molar-refractivity contribution is 7.89. The van der Waals surface area contributed by atoms with Crippen LogP contribution in [0.15, 0.2) is 89.8 Å². The molecule has 164 valence electrons. The van der Waals surface area contributed by atoms with Crippen LogP contribution < -0.4 is 4.90 Å². The van der Waals surface area contributed by atoms with E-state index in [4.69, 9.17) is 0 Å². The number of nitrogens with zero attached hydrogens (tertiary/aromatic N) is 2. The monoisotopic (exact) mass is 448 g/mol. The standard InChI is InChI=1S/C25H24N2O4S/c28-17-23-25-20-13-7-8-14-21(20)26(24(29)15-18-9-3-1-4-10-18)16-22(25)27(23)32(30,31)19-11-5-2-6-12-19/h1-14,22-23,25,28H,15-17H2/t22-,23+,25+/m1/s1. The summed E-state index contributed by atoms with van der Waals surface area (Å²) in [5.74, 6) is -0.234. The van der Waals surface area contributed by atoms with Crippen LogP contribution in [0.3, 0.4) is 0 Å². The number of carbonyl (C=O) groups is 1. The van der Waals surface area contributed by atoms with Crippen molar-refractivity contribution in [1.82, 2.24) is 4.31 Å². The fourth-order valence-electron chi connectivity index (χ4n) is 4.99. The molecule has 0 aliphatic carbocycles. The van der Waals surface area contributed by atoms with E-state index in [2.05, 4.69) is 0 Å². The first-order valence-corrected chi connectivity index (χ1v) is 12.1. The summed E-state index contributed by atoms with van der Waals surface area (Å²) in [6.45, 7) is -0.0184. The summed E-state index contributed by atoms with van der Waals surface area (Å²) in [5, 5.41) is 10.1. The fraction of sp³-hybridized carbons (Fsp3) is 0.240. The van der Waals surface area contributed by atoms with Crippen LogP contribution in [-0.2, 0) is 21.2 Å². The SMILES string of the molecule is O=C(Cc1ccccc1)N1C[C@@H]2[C@H](c3ccccc31)[C@H](CO)N2S(=O)(=O)c1ccccc1. The molecule has 3 atom stereocenters. The van der Waals surface area contributed by atoms with Crippen LogP contribution in [-0.4, -0.2) is 49.0 Å². The van der Waals surface area contributed by atoms with E-state index in [1.807, 2.05) is 54.6 Å². The lowest BCUT2D eigenvalue weighted by Crippen LogP contribution is -2.70. The van der Waals surface area contributed by atoms with Crippen LogP contribution in [0.4, 0.5) is 5.69 Å². The molecule has 6 nitrogen and oxygen atoms in total. The van der Waals surface area contributed by atoms with E-state index >= 15 is 0 Å². The van der Waals surface area contributed by atoms with E-state index in [0.29, 0.717) is 0 Å². The van der Waals surface area contributed by atoms with Gasteiger partial charge in [0, 0.05) is 18.2 Å². The smallest absolute Gasteiger partial charge is 0.243 e. The van der Waals surface area contributed by atoms with Gasteiger partial charge in [0.05, 0.1) is 30.0 Å². The maximum Gasteiger partial charge on any atom is 0.243 e. The Kier molecular flexibility index (Phi) is 5.33. The van der Waals surface area contributed by atoms with Crippen molar-refractivity contribution in [3.8, 4) is 0 Å². The van der Waals surface area contributed by atoms with Crippen LogP contribution in [0.2, 0.25) is 0 Å². The summed E-state index contributed by atoms with van der Waals surface area (Å²) >= 11 is 0. The van der Waals surface area contributed by atoms with E-state index in [1.54, 1.807) is 35.2 Å². The van der Waals surface area contributed by atoms with E-state index in [9.17, 15) is 18.3 Å². The van der Waals surface area contributed by atoms with E-state index in [-0.39, 0.29) is 36.3 Å². The van der Waals surface area contributed by atoms with Crippen molar-refractivity contribution in [1.29, 1.82) is 0 Å². The van der Waals surface area contributed by atoms with Gasteiger partial charge in [0.25, 0.3) is 0 Å². The Morgan fingerprint density at radius 2 is 1.53 bits per heavy atom. The van der Waals surface area contributed by atoms with E-state index < -0.39 is 22.1 Å². The number of anilines is 1. The quantitative estimate of drug-likeness (QED) is 0.651. The van der Waals surface area contributed by atoms with Gasteiger partial charge in [0.2, 0.25) is 15.9 Å². The first-order valence-electron chi connectivity index (χ1n) is 10.6. The molecule has 3 aromatic rings. The first-order chi connectivity index (χ1) is 15.5. The van der Waals surface area contributed by atoms with Gasteiger partial charge in [-0.05, 0) is 29.3 Å². The van der Waals surface area contributed by atoms with Crippen molar-refractivity contribution in [2.75, 3.05) is 18.1 Å². The first kappa shape index (κ1) is 20.9. The highest BCUT2D eigenvalue weighted by Crippen LogP contribution is 2.50. The number of fused-ring (bicyclic) bond motifs is 3. The molecule has 0 saturated carbocycles. The number of amides is 1. The zero-order chi connectivity index (χ0) is 22.3. The zero-order valence-electron chi connectivity index (χ0n) is 17.4. The Labute approximate surface area is 187 Å². The molecule has 0 radical (unpaired) electrons. The molecule has 2 aliphatic rings. The second-order valence-corrected chi connectivity index (χ2v) is 10.1. The zero-order valence-corrected chi connectivity index (χ0v) is 18.2. The summed E-state index contributed by atoms with van der Waals surface area (Å²) in [5.41, 5.74) is 2.61. The van der Waals surface area contributed by atoms with Crippen molar-refractivity contribution >= 4 is 21.6 Å². The molecule has 3 aromatic carbocycles. The number of sulfonamides is 1. The molecular formula is C25H24N2O4S. The topological polar surface area (TPSA) is 77.9 Å². The van der Waals surface area contributed by atoms with Gasteiger partial charge in [-0.2, -0.15) is 4.31 Å². The van der Waals surface area contributed by atoms with Crippen LogP contribution in [0.1, 0.15) is 17.0 Å². The van der Waals surface area contributed by atoms with Crippen molar-refractivity contribution in [2.24, 2.45) is 0 Å². The van der Waals surface area contributed by atoms with Crippen LogP contribution in [0, 0.1) is 0 Å². The molecule has 0 bridgehead atoms. The molecule has 1 fully saturated rings. The average Bonchev–Trinajstić information content (AvgIpc) is 2.80. The largest absolute Gasteiger partial charge is 0.395 e. The molecule has 1 saturated heterocycles. The van der Waals surface area contributed by atoms with Crippen molar-refractivity contribution in [3.63, 3.8) is 0 Å². The molecule has 5 rings (SSSR count). The number of benzene rings is 3. The van der Waals surface area contributed by atoms with Gasteiger partial charge in [-0.15, -0.1) is 0 Å². The number of hydrogen-bond acceptors (Lipinski definition) is 4. The summed E-state index contributed by atoms with van der Waals surface area (Å²) in [7, 11) is -3.81. The second kappa shape index (κ2) is 8.16. The van der Waals surface area contributed by atoms with Gasteiger partial charge in [-0.25, -0.2) is 8.42 Å². The molecule has 7 heteroatoms. The maximum absolute atomic E-state index is 13.4. The molecule has 0 unspecified atom stereocenters. The molecule has 0 spiro atoms. The predicted octanol–water partition coefficient (Wildman–Crippen LogP) is 2.79. The van der Waals surface area contributed by atoms with Crippen molar-refractivity contribution in [3.05, 3.63) is 96.1 Å². The number of aliphatic hydroxyl groups excluding tert-OH is 1. The van der Waals surface area contributed by atoms with Gasteiger partial charge in [0.1, 0.15) is 0 Å². The lowest BCUT2D eigenvalue weighted by Gasteiger charge is -2.57. The number of hydrogen-bond donors (Lipinski definition) is 1. The third kappa shape index (κ3) is 3.33. The summed E-state index contributed by atoms with van der Waals surface area (Å²) in [6, 6.07) is 24.4. The molecule has 1 N–H and O–H groups in total. The predicted molar refractivity (Wildman–Crippen MR) is 122 cm³/mol. The van der Waals surface area contributed by atoms with Gasteiger partial charge in [0.15, 0.2) is 0 Å². The number of para-hydroxylation sites is 1. The number of carbonyl (C=O) groups excluding carboxylic acids is 1. The summed E-state index contributed by atoms with van der Waals surface area (Å²) < 4.78 is 28.3. The van der Waals surface area contributed by atoms with Gasteiger partial charge in [-0.1, -0.05) is 66.7 Å². The third-order valence-corrected chi connectivity index (χ3v) is 8.41. The molecule has 32 heavy (non-hydrogen) atoms. The Balaban J connectivity index is 1.52. The molecule has 2 heterocycles. The molecule has 2 aliphatic heterocycles. The highest BCUT2D eigenvalue weighted by atomic mass is 32.2. The number of aliphatic hydroxyl groups is 1. The van der Waals surface area contributed by atoms with E-state index in [1.165, 1.54) is 4.31 Å². The third-order valence-electron chi connectivity index (χ3n) is 6.44. The maximum atomic E-state index is 13.4. The normalized spacial score (nSPS) is 22.5. The summed E-state index contributed by atoms with van der Waals surface area (Å²) in [4.78, 5) is 15.2. The van der Waals surface area contributed by atoms with Crippen molar-refractivity contribution < 1.29 is 18.3 Å². The minimum Gasteiger partial charge on any atom is -0.395 e. The molecular weight excluding hydrogens is 424 g/mol. The average molecular weight is 449 g/mol. The minimum atomic E-state index is -3.81. The minimum absolute atomic E-state index is 0.0772. The van der Waals surface area contributed by atoms with Crippen LogP contribution in [0.25, 0.3) is 0 Å². The van der Waals surface area contributed by atoms with Crippen LogP contribution in [0.5, 0.6) is 0 Å². The molecule has 0 aromatic heterocycles.